The molecule has 4 N–H and O–H groups in total. The fraction of sp³-hybridized carbons (Fsp3) is 0.238. The van der Waals surface area contributed by atoms with E-state index in [-0.39, 0.29) is 12.5 Å². The summed E-state index contributed by atoms with van der Waals surface area (Å²) in [5.41, 5.74) is 7.85. The molecule has 0 saturated carbocycles. The van der Waals surface area contributed by atoms with Crippen molar-refractivity contribution in [3.8, 4) is 0 Å². The van der Waals surface area contributed by atoms with Crippen molar-refractivity contribution in [2.45, 2.75) is 6.61 Å². The molecule has 1 fully saturated rings. The molecule has 1 aliphatic rings. The van der Waals surface area contributed by atoms with Gasteiger partial charge in [-0.3, -0.25) is 4.79 Å². The van der Waals surface area contributed by atoms with Crippen molar-refractivity contribution in [2.24, 2.45) is 5.73 Å². The summed E-state index contributed by atoms with van der Waals surface area (Å²) < 4.78 is 4.75. The summed E-state index contributed by atoms with van der Waals surface area (Å²) in [4.78, 5) is 27.7. The number of hydrogen-bond donors (Lipinski definition) is 3. The van der Waals surface area contributed by atoms with Crippen LogP contribution >= 0.6 is 0 Å². The van der Waals surface area contributed by atoms with Gasteiger partial charge in [0.2, 0.25) is 0 Å². The molecule has 152 valence electrons. The van der Waals surface area contributed by atoms with Crippen molar-refractivity contribution in [1.29, 1.82) is 0 Å². The van der Waals surface area contributed by atoms with Crippen molar-refractivity contribution in [2.75, 3.05) is 36.4 Å². The van der Waals surface area contributed by atoms with Gasteiger partial charge in [-0.2, -0.15) is 0 Å². The fourth-order valence-corrected chi connectivity index (χ4v) is 3.18. The monoisotopic (exact) mass is 396 g/mol. The average molecular weight is 396 g/mol. The first kappa shape index (κ1) is 20.1. The van der Waals surface area contributed by atoms with Crippen LogP contribution < -0.4 is 16.0 Å². The molecule has 0 aromatic heterocycles. The number of nitrogens with one attached hydrogen (secondary N) is 1. The summed E-state index contributed by atoms with van der Waals surface area (Å²) in [5, 5.41) is 11.8. The Kier molecular flexibility index (Phi) is 6.57. The van der Waals surface area contributed by atoms with E-state index in [1.54, 1.807) is 36.5 Å². The Bertz CT molecular complexity index is 875. The van der Waals surface area contributed by atoms with E-state index < -0.39 is 6.09 Å². The molecule has 0 unspecified atom stereocenters. The zero-order valence-electron chi connectivity index (χ0n) is 16.0. The standard InChI is InChI=1S/C21H24N4O4/c22-21(28)29-15-16-5-7-17(8-6-16)23-20(27)18-3-1-2-4-19(18)25-11-9-24(10-12-25)13-14-26/h1-8,13-14,26H,9-12,15H2,(H2,22,28)(H,23,27). The van der Waals surface area contributed by atoms with Gasteiger partial charge in [0.1, 0.15) is 6.61 Å². The summed E-state index contributed by atoms with van der Waals surface area (Å²) in [6.45, 7) is 3.12. The third-order valence-electron chi connectivity index (χ3n) is 4.67. The molecule has 29 heavy (non-hydrogen) atoms. The summed E-state index contributed by atoms with van der Waals surface area (Å²) in [6.07, 6.45) is 1.88. The average Bonchev–Trinajstić information content (AvgIpc) is 2.74. The van der Waals surface area contributed by atoms with E-state index in [0.29, 0.717) is 11.3 Å². The van der Waals surface area contributed by atoms with Gasteiger partial charge >= 0.3 is 6.09 Å². The number of carbonyl (C=O) groups is 2. The highest BCUT2D eigenvalue weighted by Crippen LogP contribution is 2.23. The van der Waals surface area contributed by atoms with Crippen molar-refractivity contribution in [1.82, 2.24) is 4.90 Å². The number of rotatable bonds is 6. The summed E-state index contributed by atoms with van der Waals surface area (Å²) in [5.74, 6) is -0.195. The van der Waals surface area contributed by atoms with Gasteiger partial charge in [-0.15, -0.1) is 0 Å². The minimum absolute atomic E-state index is 0.0871. The Morgan fingerprint density at radius 3 is 2.41 bits per heavy atom. The van der Waals surface area contributed by atoms with E-state index in [1.165, 1.54) is 0 Å². The Balaban J connectivity index is 1.66. The van der Waals surface area contributed by atoms with Crippen molar-refractivity contribution in [3.05, 3.63) is 72.1 Å². The quantitative estimate of drug-likeness (QED) is 0.648. The van der Waals surface area contributed by atoms with Gasteiger partial charge in [0.05, 0.1) is 11.8 Å². The molecule has 0 spiro atoms. The number of piperazine rings is 1. The molecule has 0 atom stereocenters. The van der Waals surface area contributed by atoms with Crippen LogP contribution in [-0.2, 0) is 11.3 Å². The van der Waals surface area contributed by atoms with Gasteiger partial charge < -0.3 is 30.7 Å². The highest BCUT2D eigenvalue weighted by atomic mass is 16.5. The Hall–Kier alpha value is -3.68. The zero-order chi connectivity index (χ0) is 20.6. The first-order valence-electron chi connectivity index (χ1n) is 9.28. The molecule has 1 aliphatic heterocycles. The maximum absolute atomic E-state index is 12.9. The third-order valence-corrected chi connectivity index (χ3v) is 4.67. The third kappa shape index (κ3) is 5.41. The van der Waals surface area contributed by atoms with Crippen LogP contribution in [0, 0.1) is 0 Å². The Morgan fingerprint density at radius 1 is 1.07 bits per heavy atom. The van der Waals surface area contributed by atoms with Crippen LogP contribution in [0.1, 0.15) is 15.9 Å². The van der Waals surface area contributed by atoms with Crippen LogP contribution in [0.4, 0.5) is 16.2 Å². The van der Waals surface area contributed by atoms with E-state index >= 15 is 0 Å². The highest BCUT2D eigenvalue weighted by molar-refractivity contribution is 6.08. The van der Waals surface area contributed by atoms with Crippen LogP contribution in [0.2, 0.25) is 0 Å². The number of ether oxygens (including phenoxy) is 1. The van der Waals surface area contributed by atoms with Crippen LogP contribution in [0.25, 0.3) is 0 Å². The van der Waals surface area contributed by atoms with E-state index in [9.17, 15) is 9.59 Å². The number of hydrogen-bond acceptors (Lipinski definition) is 6. The lowest BCUT2D eigenvalue weighted by molar-refractivity contribution is 0.102. The number of carbonyl (C=O) groups excluding carboxylic acids is 2. The van der Waals surface area contributed by atoms with E-state index in [2.05, 4.69) is 10.2 Å². The van der Waals surface area contributed by atoms with Crippen LogP contribution in [0.15, 0.2) is 61.0 Å². The summed E-state index contributed by atoms with van der Waals surface area (Å²) in [7, 11) is 0. The fourth-order valence-electron chi connectivity index (χ4n) is 3.18. The van der Waals surface area contributed by atoms with Gasteiger partial charge in [-0.25, -0.2) is 4.79 Å². The molecule has 3 rings (SSSR count). The number of amides is 2. The predicted octanol–water partition coefficient (Wildman–Crippen LogP) is 2.69. The maximum Gasteiger partial charge on any atom is 0.404 e. The normalized spacial score (nSPS) is 14.1. The molecule has 2 aromatic carbocycles. The second kappa shape index (κ2) is 9.50. The number of nitrogens with two attached hydrogens (primary N) is 1. The maximum atomic E-state index is 12.9. The number of anilines is 2. The van der Waals surface area contributed by atoms with E-state index in [1.807, 2.05) is 23.1 Å². The molecular weight excluding hydrogens is 372 g/mol. The number of para-hydroxylation sites is 1. The number of aliphatic hydroxyl groups is 1. The minimum Gasteiger partial charge on any atom is -0.514 e. The lowest BCUT2D eigenvalue weighted by Crippen LogP contribution is -2.44. The molecule has 2 amide bonds. The number of aliphatic hydroxyl groups excluding tert-OH is 1. The van der Waals surface area contributed by atoms with Crippen LogP contribution in [-0.4, -0.2) is 48.2 Å². The summed E-state index contributed by atoms with van der Waals surface area (Å²) >= 11 is 0. The minimum atomic E-state index is -0.827. The van der Waals surface area contributed by atoms with Gasteiger partial charge in [-0.1, -0.05) is 24.3 Å². The zero-order valence-corrected chi connectivity index (χ0v) is 16.0. The van der Waals surface area contributed by atoms with E-state index in [0.717, 1.165) is 43.7 Å². The number of benzene rings is 2. The van der Waals surface area contributed by atoms with E-state index in [4.69, 9.17) is 15.6 Å². The lowest BCUT2D eigenvalue weighted by Gasteiger charge is -2.36. The van der Waals surface area contributed by atoms with Gasteiger partial charge in [0.15, 0.2) is 0 Å². The van der Waals surface area contributed by atoms with Crippen molar-refractivity contribution < 1.29 is 19.4 Å². The lowest BCUT2D eigenvalue weighted by atomic mass is 10.1. The topological polar surface area (TPSA) is 108 Å². The van der Waals surface area contributed by atoms with Gasteiger partial charge in [0, 0.05) is 43.8 Å². The largest absolute Gasteiger partial charge is 0.514 e. The van der Waals surface area contributed by atoms with Gasteiger partial charge in [0.25, 0.3) is 5.91 Å². The number of primary amides is 1. The van der Waals surface area contributed by atoms with Crippen molar-refractivity contribution >= 4 is 23.4 Å². The Labute approximate surface area is 169 Å². The first-order valence-corrected chi connectivity index (χ1v) is 9.28. The first-order chi connectivity index (χ1) is 14.1. The highest BCUT2D eigenvalue weighted by Gasteiger charge is 2.20. The molecule has 8 nitrogen and oxygen atoms in total. The molecule has 2 aromatic rings. The number of nitrogens with zero attached hydrogens (tertiary/aromatic N) is 2. The van der Waals surface area contributed by atoms with Gasteiger partial charge in [-0.05, 0) is 29.8 Å². The molecule has 1 saturated heterocycles. The molecule has 0 bridgehead atoms. The van der Waals surface area contributed by atoms with Crippen LogP contribution in [0.3, 0.4) is 0 Å². The second-order valence-corrected chi connectivity index (χ2v) is 6.60. The smallest absolute Gasteiger partial charge is 0.404 e. The van der Waals surface area contributed by atoms with Crippen molar-refractivity contribution in [3.63, 3.8) is 0 Å². The molecule has 1 heterocycles. The SMILES string of the molecule is NC(=O)OCc1ccc(NC(=O)c2ccccc2N2CCN(C=CO)CC2)cc1. The summed E-state index contributed by atoms with van der Waals surface area (Å²) in [6, 6.07) is 14.5. The molecule has 0 aliphatic carbocycles. The Morgan fingerprint density at radius 2 is 1.76 bits per heavy atom. The molecular formula is C21H24N4O4. The second-order valence-electron chi connectivity index (χ2n) is 6.60. The van der Waals surface area contributed by atoms with Crippen LogP contribution in [0.5, 0.6) is 0 Å². The predicted molar refractivity (Wildman–Crippen MR) is 111 cm³/mol. The molecule has 0 radical (unpaired) electrons. The molecule has 8 heteroatoms.